The molecule has 1 rings (SSSR count). The van der Waals surface area contributed by atoms with Gasteiger partial charge in [0.05, 0.1) is 29.2 Å². The van der Waals surface area contributed by atoms with E-state index in [0.29, 0.717) is 15.7 Å². The fraction of sp³-hybridized carbons (Fsp3) is 1.00. The SMILES string of the molecule is COCC1C[P+](C(C)(C)C)(C(C)(C)C)CC1(C)C.F[B-](F)(F)F. The van der Waals surface area contributed by atoms with Crippen LogP contribution in [-0.2, 0) is 4.74 Å². The van der Waals surface area contributed by atoms with Crippen molar-refractivity contribution in [3.63, 3.8) is 0 Å². The van der Waals surface area contributed by atoms with Crippen LogP contribution in [0.3, 0.4) is 0 Å². The standard InChI is InChI=1S/C16H34OP.BF4/c1-14(2,3)18(15(4,5)6)11-13(10-17-9)16(7,8)12-18;2-1(3,4)5/h13H,10-12H2,1-9H3;/q+1;-1. The van der Waals surface area contributed by atoms with Gasteiger partial charge in [-0.05, 0) is 41.5 Å². The van der Waals surface area contributed by atoms with Gasteiger partial charge in [-0.25, -0.2) is 0 Å². The van der Waals surface area contributed by atoms with Crippen LogP contribution in [0.25, 0.3) is 0 Å². The van der Waals surface area contributed by atoms with E-state index in [9.17, 15) is 17.3 Å². The van der Waals surface area contributed by atoms with E-state index in [-0.39, 0.29) is 0 Å². The van der Waals surface area contributed by atoms with Crippen LogP contribution in [-0.4, -0.2) is 43.6 Å². The van der Waals surface area contributed by atoms with Gasteiger partial charge in [0.25, 0.3) is 0 Å². The van der Waals surface area contributed by atoms with E-state index in [2.05, 4.69) is 55.4 Å². The average Bonchev–Trinajstić information content (AvgIpc) is 2.48. The van der Waals surface area contributed by atoms with Crippen LogP contribution in [0, 0.1) is 11.3 Å². The number of hydrogen-bond acceptors (Lipinski definition) is 1. The van der Waals surface area contributed by atoms with Crippen molar-refractivity contribution in [1.29, 1.82) is 0 Å². The van der Waals surface area contributed by atoms with Crippen molar-refractivity contribution in [2.24, 2.45) is 11.3 Å². The molecular formula is C16H34BF4OP. The number of halogens is 4. The zero-order valence-electron chi connectivity index (χ0n) is 16.1. The maximum Gasteiger partial charge on any atom is 0.673 e. The molecule has 1 saturated heterocycles. The van der Waals surface area contributed by atoms with Crippen LogP contribution in [0.5, 0.6) is 0 Å². The first-order valence-electron chi connectivity index (χ1n) is 8.11. The zero-order valence-corrected chi connectivity index (χ0v) is 17.0. The summed E-state index contributed by atoms with van der Waals surface area (Å²) in [5.41, 5.74) is 0.435. The molecule has 0 radical (unpaired) electrons. The lowest BCUT2D eigenvalue weighted by molar-refractivity contribution is 0.112. The molecule has 1 nitrogen and oxygen atoms in total. The van der Waals surface area contributed by atoms with Gasteiger partial charge in [0.15, 0.2) is 0 Å². The predicted octanol–water partition coefficient (Wildman–Crippen LogP) is 6.20. The zero-order chi connectivity index (χ0) is 18.9. The molecule has 0 aliphatic carbocycles. The molecule has 0 N–H and O–H groups in total. The van der Waals surface area contributed by atoms with Gasteiger partial charge < -0.3 is 22.0 Å². The van der Waals surface area contributed by atoms with Crippen molar-refractivity contribution in [3.05, 3.63) is 0 Å². The Morgan fingerprint density at radius 2 is 1.35 bits per heavy atom. The summed E-state index contributed by atoms with van der Waals surface area (Å²) < 4.78 is 44.5. The minimum Gasteiger partial charge on any atom is -0.418 e. The molecule has 1 aliphatic rings. The molecule has 140 valence electrons. The first-order valence-corrected chi connectivity index (χ1v) is 10.3. The molecule has 0 saturated carbocycles. The van der Waals surface area contributed by atoms with Crippen LogP contribution < -0.4 is 0 Å². The summed E-state index contributed by atoms with van der Waals surface area (Å²) >= 11 is 0. The van der Waals surface area contributed by atoms with E-state index < -0.39 is 14.5 Å². The Kier molecular flexibility index (Phi) is 7.25. The number of rotatable bonds is 2. The number of hydrogen-bond donors (Lipinski definition) is 0. The summed E-state index contributed by atoms with van der Waals surface area (Å²) in [6, 6.07) is 0. The summed E-state index contributed by atoms with van der Waals surface area (Å²) in [5.74, 6) is 0.731. The summed E-state index contributed by atoms with van der Waals surface area (Å²) in [4.78, 5) is 0. The molecule has 0 amide bonds. The van der Waals surface area contributed by atoms with E-state index in [1.165, 1.54) is 12.3 Å². The molecule has 7 heteroatoms. The van der Waals surface area contributed by atoms with E-state index in [1.54, 1.807) is 0 Å². The van der Waals surface area contributed by atoms with Gasteiger partial charge in [-0.2, -0.15) is 0 Å². The fourth-order valence-electron chi connectivity index (χ4n) is 4.02. The highest BCUT2D eigenvalue weighted by atomic mass is 31.2. The minimum atomic E-state index is -6.00. The summed E-state index contributed by atoms with van der Waals surface area (Å²) in [5, 5.41) is 0.899. The second-order valence-corrected chi connectivity index (χ2v) is 14.6. The third-order valence-electron chi connectivity index (χ3n) is 5.25. The molecule has 0 aromatic heterocycles. The summed E-state index contributed by atoms with van der Waals surface area (Å²) in [6.07, 6.45) is 2.82. The molecule has 1 heterocycles. The lowest BCUT2D eigenvalue weighted by Gasteiger charge is -2.45. The minimum absolute atomic E-state index is 0.435. The molecule has 1 fully saturated rings. The molecule has 0 aromatic rings. The first kappa shape index (κ1) is 23.2. The Morgan fingerprint density at radius 3 is 1.57 bits per heavy atom. The molecular weight excluding hydrogens is 326 g/mol. The first-order chi connectivity index (χ1) is 9.87. The third-order valence-corrected chi connectivity index (χ3v) is 12.8. The van der Waals surface area contributed by atoms with Crippen molar-refractivity contribution >= 4 is 14.5 Å². The lowest BCUT2D eigenvalue weighted by atomic mass is 9.83. The highest BCUT2D eigenvalue weighted by Crippen LogP contribution is 2.82. The molecule has 0 bridgehead atoms. The number of ether oxygens (including phenoxy) is 1. The van der Waals surface area contributed by atoms with Crippen molar-refractivity contribution in [2.45, 2.75) is 65.7 Å². The molecule has 23 heavy (non-hydrogen) atoms. The lowest BCUT2D eigenvalue weighted by Crippen LogP contribution is -2.36. The molecule has 0 aromatic carbocycles. The van der Waals surface area contributed by atoms with E-state index >= 15 is 0 Å². The van der Waals surface area contributed by atoms with Crippen molar-refractivity contribution in [1.82, 2.24) is 0 Å². The quantitative estimate of drug-likeness (QED) is 0.323. The maximum absolute atomic E-state index is 9.75. The smallest absolute Gasteiger partial charge is 0.418 e. The third kappa shape index (κ3) is 6.19. The Morgan fingerprint density at radius 1 is 1.00 bits per heavy atom. The normalized spacial score (nSPS) is 24.1. The van der Waals surface area contributed by atoms with Gasteiger partial charge in [-0.15, -0.1) is 0 Å². The average molecular weight is 360 g/mol. The van der Waals surface area contributed by atoms with E-state index in [0.717, 1.165) is 12.5 Å². The van der Waals surface area contributed by atoms with Crippen molar-refractivity contribution in [2.75, 3.05) is 26.0 Å². The highest BCUT2D eigenvalue weighted by molar-refractivity contribution is 7.79. The van der Waals surface area contributed by atoms with Gasteiger partial charge >= 0.3 is 7.25 Å². The Labute approximate surface area is 140 Å². The van der Waals surface area contributed by atoms with Crippen LogP contribution in [0.15, 0.2) is 0 Å². The van der Waals surface area contributed by atoms with E-state index in [4.69, 9.17) is 4.74 Å². The van der Waals surface area contributed by atoms with Crippen molar-refractivity contribution < 1.29 is 22.0 Å². The monoisotopic (exact) mass is 360 g/mol. The summed E-state index contributed by atoms with van der Waals surface area (Å²) in [7, 11) is -5.15. The Hall–Kier alpha value is 0.175. The number of methoxy groups -OCH3 is 1. The largest absolute Gasteiger partial charge is 0.673 e. The van der Waals surface area contributed by atoms with Crippen LogP contribution in [0.2, 0.25) is 0 Å². The molecule has 1 atom stereocenters. The van der Waals surface area contributed by atoms with Gasteiger partial charge in [0.1, 0.15) is 0 Å². The van der Waals surface area contributed by atoms with Gasteiger partial charge in [0.2, 0.25) is 0 Å². The van der Waals surface area contributed by atoms with E-state index in [1.807, 2.05) is 7.11 Å². The second-order valence-electron chi connectivity index (χ2n) is 9.29. The van der Waals surface area contributed by atoms with Crippen LogP contribution in [0.1, 0.15) is 55.4 Å². The van der Waals surface area contributed by atoms with Crippen LogP contribution >= 0.6 is 7.26 Å². The summed E-state index contributed by atoms with van der Waals surface area (Å²) in [6.45, 7) is 20.7. The molecule has 0 spiro atoms. The molecule has 1 aliphatic heterocycles. The Balaban J connectivity index is 0.000000841. The maximum atomic E-state index is 9.75. The fourth-order valence-corrected chi connectivity index (χ4v) is 11.2. The van der Waals surface area contributed by atoms with Crippen molar-refractivity contribution in [3.8, 4) is 0 Å². The second kappa shape index (κ2) is 7.19. The van der Waals surface area contributed by atoms with Crippen LogP contribution in [0.4, 0.5) is 17.3 Å². The molecule has 1 unspecified atom stereocenters. The topological polar surface area (TPSA) is 9.23 Å². The van der Waals surface area contributed by atoms with Gasteiger partial charge in [-0.3, -0.25) is 0 Å². The van der Waals surface area contributed by atoms with Gasteiger partial charge in [-0.1, -0.05) is 13.8 Å². The Bertz CT molecular complexity index is 363. The van der Waals surface area contributed by atoms with Gasteiger partial charge in [0, 0.05) is 25.7 Å². The predicted molar refractivity (Wildman–Crippen MR) is 95.5 cm³/mol. The highest BCUT2D eigenvalue weighted by Gasteiger charge is 2.66.